The summed E-state index contributed by atoms with van der Waals surface area (Å²) < 4.78 is 0. The predicted octanol–water partition coefficient (Wildman–Crippen LogP) is 0.927. The van der Waals surface area contributed by atoms with Gasteiger partial charge >= 0.3 is 11.9 Å². The van der Waals surface area contributed by atoms with Gasteiger partial charge in [-0.1, -0.05) is 37.3 Å². The summed E-state index contributed by atoms with van der Waals surface area (Å²) in [6.07, 6.45) is 2.28. The van der Waals surface area contributed by atoms with Gasteiger partial charge in [0.25, 0.3) is 0 Å². The Morgan fingerprint density at radius 3 is 2.27 bits per heavy atom. The van der Waals surface area contributed by atoms with Crippen LogP contribution in [0, 0.1) is 6.92 Å². The van der Waals surface area contributed by atoms with Gasteiger partial charge in [0.1, 0.15) is 6.04 Å². The van der Waals surface area contributed by atoms with E-state index < -0.39 is 48.8 Å². The topological polar surface area (TPSA) is 145 Å². The molecule has 9 heteroatoms. The highest BCUT2D eigenvalue weighted by Gasteiger charge is 2.24. The van der Waals surface area contributed by atoms with Crippen molar-refractivity contribution in [2.24, 2.45) is 0 Å². The number of carbonyl (C=O) groups excluding carboxylic acids is 2. The van der Waals surface area contributed by atoms with Crippen LogP contribution in [0.2, 0.25) is 0 Å². The minimum atomic E-state index is -1.19. The highest BCUT2D eigenvalue weighted by Crippen LogP contribution is 2.24. The molecule has 0 radical (unpaired) electrons. The van der Waals surface area contributed by atoms with Crippen LogP contribution in [0.4, 0.5) is 0 Å². The molecule has 164 valence electrons. The molecule has 1 aromatic carbocycles. The summed E-state index contributed by atoms with van der Waals surface area (Å²) in [6.45, 7) is 3.41. The first-order chi connectivity index (χ1) is 14.2. The molecule has 2 atom stereocenters. The maximum atomic E-state index is 12.2. The Labute approximate surface area is 175 Å². The summed E-state index contributed by atoms with van der Waals surface area (Å²) in [5.74, 6) is -3.69. The molecule has 0 spiro atoms. The third-order valence-corrected chi connectivity index (χ3v) is 4.47. The number of likely N-dealkylation sites (N-methyl/N-ethyl adjacent to an activating group) is 1. The Balaban J connectivity index is 2.79. The van der Waals surface area contributed by atoms with E-state index in [4.69, 9.17) is 5.11 Å². The van der Waals surface area contributed by atoms with Gasteiger partial charge < -0.3 is 26.2 Å². The summed E-state index contributed by atoms with van der Waals surface area (Å²) in [5.41, 5.74) is 2.72. The monoisotopic (exact) mass is 419 g/mol. The highest BCUT2D eigenvalue weighted by atomic mass is 16.4. The number of aryl methyl sites for hydroxylation is 1. The van der Waals surface area contributed by atoms with Crippen LogP contribution in [0.15, 0.2) is 30.3 Å². The van der Waals surface area contributed by atoms with Crippen molar-refractivity contribution in [2.75, 3.05) is 13.6 Å². The molecule has 1 unspecified atom stereocenters. The normalized spacial score (nSPS) is 13.2. The van der Waals surface area contributed by atoms with Gasteiger partial charge in [0.05, 0.1) is 19.0 Å². The van der Waals surface area contributed by atoms with Crippen molar-refractivity contribution in [3.05, 3.63) is 41.5 Å². The maximum Gasteiger partial charge on any atom is 0.326 e. The Hall–Kier alpha value is -3.20. The average molecular weight is 419 g/mol. The predicted molar refractivity (Wildman–Crippen MR) is 112 cm³/mol. The van der Waals surface area contributed by atoms with Gasteiger partial charge in [0.15, 0.2) is 0 Å². The molecule has 5 N–H and O–H groups in total. The van der Waals surface area contributed by atoms with Crippen molar-refractivity contribution in [2.45, 2.75) is 45.2 Å². The lowest BCUT2D eigenvalue weighted by molar-refractivity contribution is -0.142. The number of carboxylic acid groups (broad SMARTS) is 2. The molecular weight excluding hydrogens is 390 g/mol. The zero-order chi connectivity index (χ0) is 22.7. The van der Waals surface area contributed by atoms with Crippen LogP contribution in [0.25, 0.3) is 5.57 Å². The SMILES string of the molecule is CC/C=C(/CC(NC(=O)CNC(=O)[C@H](CC(=O)O)NC)C(=O)O)c1ccccc1C. The maximum absolute atomic E-state index is 12.2. The van der Waals surface area contributed by atoms with Gasteiger partial charge in [-0.05, 0) is 37.1 Å². The number of hydrogen-bond acceptors (Lipinski definition) is 5. The number of benzene rings is 1. The summed E-state index contributed by atoms with van der Waals surface area (Å²) in [5, 5.41) is 25.6. The van der Waals surface area contributed by atoms with Crippen LogP contribution >= 0.6 is 0 Å². The molecule has 0 saturated carbocycles. The lowest BCUT2D eigenvalue weighted by Gasteiger charge is -2.19. The van der Waals surface area contributed by atoms with Gasteiger partial charge in [-0.15, -0.1) is 0 Å². The van der Waals surface area contributed by atoms with Gasteiger partial charge in [0.2, 0.25) is 11.8 Å². The molecule has 1 rings (SSSR count). The minimum absolute atomic E-state index is 0.0892. The number of nitrogens with one attached hydrogen (secondary N) is 3. The summed E-state index contributed by atoms with van der Waals surface area (Å²) in [6, 6.07) is 5.42. The van der Waals surface area contributed by atoms with Gasteiger partial charge in [-0.25, -0.2) is 4.79 Å². The number of carboxylic acids is 2. The molecular formula is C21H29N3O6. The van der Waals surface area contributed by atoms with Crippen molar-refractivity contribution in [3.63, 3.8) is 0 Å². The van der Waals surface area contributed by atoms with Crippen molar-refractivity contribution in [1.82, 2.24) is 16.0 Å². The fourth-order valence-electron chi connectivity index (χ4n) is 2.94. The second-order valence-electron chi connectivity index (χ2n) is 6.77. The molecule has 0 aromatic heterocycles. The molecule has 0 bridgehead atoms. The number of allylic oxidation sites excluding steroid dienone is 1. The lowest BCUT2D eigenvalue weighted by Crippen LogP contribution is -2.49. The molecule has 0 fully saturated rings. The van der Waals surface area contributed by atoms with Crippen molar-refractivity contribution in [1.29, 1.82) is 0 Å². The summed E-state index contributed by atoms with van der Waals surface area (Å²) in [4.78, 5) is 46.6. The fraction of sp³-hybridized carbons (Fsp3) is 0.429. The largest absolute Gasteiger partial charge is 0.481 e. The Kier molecular flexibility index (Phi) is 10.3. The molecule has 2 amide bonds. The highest BCUT2D eigenvalue weighted by molar-refractivity contribution is 5.91. The van der Waals surface area contributed by atoms with E-state index in [-0.39, 0.29) is 6.42 Å². The van der Waals surface area contributed by atoms with Gasteiger partial charge in [-0.3, -0.25) is 14.4 Å². The third kappa shape index (κ3) is 8.04. The number of rotatable bonds is 12. The number of amides is 2. The summed E-state index contributed by atoms with van der Waals surface area (Å²) in [7, 11) is 1.43. The standard InChI is InChI=1S/C21H29N3O6/c1-4-7-14(15-9-6-5-8-13(15)2)10-17(21(29)30)24-18(25)12-23-20(28)16(22-3)11-19(26)27/h5-9,16-17,22H,4,10-12H2,1-3H3,(H,23,28)(H,24,25)(H,26,27)(H,29,30)/b14-7-/t16-,17?/m0/s1. The van der Waals surface area contributed by atoms with Crippen LogP contribution in [0.3, 0.4) is 0 Å². The van der Waals surface area contributed by atoms with E-state index in [1.54, 1.807) is 0 Å². The van der Waals surface area contributed by atoms with E-state index in [2.05, 4.69) is 16.0 Å². The fourth-order valence-corrected chi connectivity index (χ4v) is 2.94. The average Bonchev–Trinajstić information content (AvgIpc) is 2.69. The molecule has 1 aromatic rings. The smallest absolute Gasteiger partial charge is 0.326 e. The van der Waals surface area contributed by atoms with Gasteiger partial charge in [-0.2, -0.15) is 0 Å². The van der Waals surface area contributed by atoms with Crippen LogP contribution < -0.4 is 16.0 Å². The molecule has 0 aliphatic carbocycles. The second kappa shape index (κ2) is 12.4. The zero-order valence-corrected chi connectivity index (χ0v) is 17.4. The zero-order valence-electron chi connectivity index (χ0n) is 17.4. The Morgan fingerprint density at radius 1 is 1.07 bits per heavy atom. The minimum Gasteiger partial charge on any atom is -0.481 e. The van der Waals surface area contributed by atoms with Crippen LogP contribution in [0.1, 0.15) is 37.3 Å². The van der Waals surface area contributed by atoms with Crippen LogP contribution in [0.5, 0.6) is 0 Å². The number of aliphatic carboxylic acids is 2. The van der Waals surface area contributed by atoms with Crippen molar-refractivity contribution >= 4 is 29.3 Å². The quantitative estimate of drug-likeness (QED) is 0.339. The third-order valence-electron chi connectivity index (χ3n) is 4.47. The molecule has 9 nitrogen and oxygen atoms in total. The second-order valence-corrected chi connectivity index (χ2v) is 6.77. The van der Waals surface area contributed by atoms with E-state index in [0.29, 0.717) is 6.42 Å². The Morgan fingerprint density at radius 2 is 1.73 bits per heavy atom. The van der Waals surface area contributed by atoms with Crippen molar-refractivity contribution in [3.8, 4) is 0 Å². The number of hydrogen-bond donors (Lipinski definition) is 5. The first-order valence-corrected chi connectivity index (χ1v) is 9.63. The van der Waals surface area contributed by atoms with E-state index in [1.165, 1.54) is 7.05 Å². The van der Waals surface area contributed by atoms with Gasteiger partial charge in [0, 0.05) is 6.42 Å². The summed E-state index contributed by atoms with van der Waals surface area (Å²) >= 11 is 0. The van der Waals surface area contributed by atoms with E-state index in [1.807, 2.05) is 44.2 Å². The molecule has 30 heavy (non-hydrogen) atoms. The lowest BCUT2D eigenvalue weighted by atomic mass is 9.94. The van der Waals surface area contributed by atoms with E-state index in [9.17, 15) is 24.3 Å². The first-order valence-electron chi connectivity index (χ1n) is 9.63. The molecule has 0 aliphatic heterocycles. The molecule has 0 aliphatic rings. The van der Waals surface area contributed by atoms with Crippen LogP contribution in [-0.2, 0) is 19.2 Å². The number of carbonyl (C=O) groups is 4. The Bertz CT molecular complexity index is 806. The molecule has 0 saturated heterocycles. The van der Waals surface area contributed by atoms with Crippen LogP contribution in [-0.4, -0.2) is 59.6 Å². The van der Waals surface area contributed by atoms with E-state index >= 15 is 0 Å². The first kappa shape index (κ1) is 24.8. The van der Waals surface area contributed by atoms with Crippen molar-refractivity contribution < 1.29 is 29.4 Å². The van der Waals surface area contributed by atoms with E-state index in [0.717, 1.165) is 16.7 Å². The molecule has 0 heterocycles.